The quantitative estimate of drug-likeness (QED) is 0.737. The summed E-state index contributed by atoms with van der Waals surface area (Å²) in [5.74, 6) is -0.252. The number of nitrogens with zero attached hydrogens (tertiary/aromatic N) is 3. The van der Waals surface area contributed by atoms with E-state index >= 15 is 0 Å². The molecular weight excluding hydrogens is 261 g/mol. The molecule has 19 heavy (non-hydrogen) atoms. The van der Waals surface area contributed by atoms with E-state index in [1.165, 1.54) is 18.2 Å². The van der Waals surface area contributed by atoms with Gasteiger partial charge < -0.3 is 4.90 Å². The number of nitriles is 1. The highest BCUT2D eigenvalue weighted by Gasteiger charge is 2.26. The zero-order valence-corrected chi connectivity index (χ0v) is 10.8. The predicted octanol–water partition coefficient (Wildman–Crippen LogP) is 2.99. The van der Waals surface area contributed by atoms with E-state index in [1.54, 1.807) is 23.9 Å². The van der Waals surface area contributed by atoms with Gasteiger partial charge in [-0.1, -0.05) is 23.9 Å². The molecule has 0 aliphatic carbocycles. The topological polar surface area (TPSA) is 39.4 Å². The van der Waals surface area contributed by atoms with Crippen LogP contribution in [0.1, 0.15) is 5.56 Å². The molecule has 0 aromatic heterocycles. The third-order valence-corrected chi connectivity index (χ3v) is 4.04. The summed E-state index contributed by atoms with van der Waals surface area (Å²) in [4.78, 5) is 7.44. The lowest BCUT2D eigenvalue weighted by Crippen LogP contribution is -2.26. The first-order valence-corrected chi connectivity index (χ1v) is 6.67. The highest BCUT2D eigenvalue weighted by molar-refractivity contribution is 8.21. The lowest BCUT2D eigenvalue weighted by Gasteiger charge is -2.26. The Morgan fingerprint density at radius 3 is 2.89 bits per heavy atom. The van der Waals surface area contributed by atoms with Gasteiger partial charge in [-0.25, -0.2) is 4.39 Å². The number of allylic oxidation sites excluding steroid dienone is 2. The van der Waals surface area contributed by atoms with Crippen LogP contribution in [-0.2, 0) is 0 Å². The number of hydrogen-bond donors (Lipinski definition) is 0. The molecule has 2 aliphatic heterocycles. The van der Waals surface area contributed by atoms with Gasteiger partial charge in [0.05, 0.1) is 18.3 Å². The molecule has 3 rings (SSSR count). The van der Waals surface area contributed by atoms with E-state index in [4.69, 9.17) is 5.26 Å². The van der Waals surface area contributed by atoms with E-state index in [9.17, 15) is 4.39 Å². The number of amidine groups is 1. The summed E-state index contributed by atoms with van der Waals surface area (Å²) in [5, 5.41) is 9.76. The summed E-state index contributed by atoms with van der Waals surface area (Å²) in [6.07, 6.45) is 3.47. The van der Waals surface area contributed by atoms with Gasteiger partial charge in [-0.15, -0.1) is 0 Å². The van der Waals surface area contributed by atoms with Crippen LogP contribution in [0, 0.1) is 17.1 Å². The lowest BCUT2D eigenvalue weighted by molar-refractivity contribution is 0.586. The first kappa shape index (κ1) is 12.0. The molecule has 0 fully saturated rings. The molecule has 94 valence electrons. The van der Waals surface area contributed by atoms with Crippen LogP contribution < -0.4 is 0 Å². The van der Waals surface area contributed by atoms with E-state index in [1.807, 2.05) is 11.0 Å². The molecule has 2 heterocycles. The van der Waals surface area contributed by atoms with Crippen molar-refractivity contribution in [3.63, 3.8) is 0 Å². The smallest absolute Gasteiger partial charge is 0.168 e. The highest BCUT2D eigenvalue weighted by atomic mass is 32.2. The van der Waals surface area contributed by atoms with Crippen LogP contribution in [0.2, 0.25) is 0 Å². The largest absolute Gasteiger partial charge is 0.318 e. The van der Waals surface area contributed by atoms with Crippen LogP contribution in [0.5, 0.6) is 0 Å². The predicted molar refractivity (Wildman–Crippen MR) is 74.7 cm³/mol. The van der Waals surface area contributed by atoms with Gasteiger partial charge in [-0.05, 0) is 23.8 Å². The average molecular weight is 271 g/mol. The van der Waals surface area contributed by atoms with Crippen LogP contribution in [0.3, 0.4) is 0 Å². The summed E-state index contributed by atoms with van der Waals surface area (Å²) in [6.45, 7) is 1.55. The summed E-state index contributed by atoms with van der Waals surface area (Å²) in [5.41, 5.74) is 1.78. The van der Waals surface area contributed by atoms with Gasteiger partial charge in [0, 0.05) is 17.5 Å². The molecular formula is C14H10FN3S. The van der Waals surface area contributed by atoms with Crippen LogP contribution in [0.4, 0.5) is 4.39 Å². The number of benzene rings is 1. The molecule has 0 saturated carbocycles. The van der Waals surface area contributed by atoms with Gasteiger partial charge in [-0.2, -0.15) is 5.26 Å². The number of fused-ring (bicyclic) bond motifs is 1. The molecule has 0 bridgehead atoms. The molecule has 3 nitrogen and oxygen atoms in total. The normalized spacial score (nSPS) is 19.8. The first-order chi connectivity index (χ1) is 9.28. The third kappa shape index (κ3) is 2.27. The lowest BCUT2D eigenvalue weighted by atomic mass is 10.2. The second-order valence-electron chi connectivity index (χ2n) is 4.13. The summed E-state index contributed by atoms with van der Waals surface area (Å²) in [6, 6.07) is 8.41. The van der Waals surface area contributed by atoms with E-state index in [-0.39, 0.29) is 5.82 Å². The molecule has 0 amide bonds. The fourth-order valence-corrected chi connectivity index (χ4v) is 3.13. The minimum atomic E-state index is -0.252. The average Bonchev–Trinajstić information content (AvgIpc) is 2.88. The van der Waals surface area contributed by atoms with Crippen molar-refractivity contribution >= 4 is 21.8 Å². The molecule has 0 radical (unpaired) electrons. The highest BCUT2D eigenvalue weighted by Crippen LogP contribution is 2.38. The van der Waals surface area contributed by atoms with E-state index < -0.39 is 0 Å². The molecule has 2 aliphatic rings. The standard InChI is InChI=1S/C14H10FN3S/c15-11-3-1-10(2-4-11)13-9-12(5-6-16)18-8-7-17-14(18)19-13/h1-5,9H,7-8H2/b12-5+. The Kier molecular flexibility index (Phi) is 3.10. The van der Waals surface area contributed by atoms with E-state index in [0.29, 0.717) is 0 Å². The van der Waals surface area contributed by atoms with Crippen molar-refractivity contribution in [2.45, 2.75) is 0 Å². The maximum absolute atomic E-state index is 13.0. The van der Waals surface area contributed by atoms with Gasteiger partial charge in [0.1, 0.15) is 5.82 Å². The fraction of sp³-hybridized carbons (Fsp3) is 0.143. The maximum Gasteiger partial charge on any atom is 0.168 e. The van der Waals surface area contributed by atoms with Gasteiger partial charge >= 0.3 is 0 Å². The summed E-state index contributed by atoms with van der Waals surface area (Å²) >= 11 is 1.55. The van der Waals surface area contributed by atoms with Crippen molar-refractivity contribution in [1.82, 2.24) is 4.90 Å². The Morgan fingerprint density at radius 2 is 2.16 bits per heavy atom. The third-order valence-electron chi connectivity index (χ3n) is 2.93. The molecule has 0 unspecified atom stereocenters. The van der Waals surface area contributed by atoms with Gasteiger partial charge in [0.25, 0.3) is 0 Å². The van der Waals surface area contributed by atoms with E-state index in [0.717, 1.165) is 34.4 Å². The van der Waals surface area contributed by atoms with Gasteiger partial charge in [0.15, 0.2) is 5.17 Å². The Balaban J connectivity index is 2.02. The molecule has 0 N–H and O–H groups in total. The maximum atomic E-state index is 13.0. The molecule has 0 atom stereocenters. The van der Waals surface area contributed by atoms with Crippen molar-refractivity contribution in [2.75, 3.05) is 13.1 Å². The zero-order chi connectivity index (χ0) is 13.2. The minimum Gasteiger partial charge on any atom is -0.318 e. The van der Waals surface area contributed by atoms with Crippen LogP contribution >= 0.6 is 11.8 Å². The number of halogens is 1. The SMILES string of the molecule is N#C/C=C1\C=C(c2ccc(F)cc2)SC2=NCCN21. The monoisotopic (exact) mass is 271 g/mol. The number of thioether (sulfide) groups is 1. The van der Waals surface area contributed by atoms with Gasteiger partial charge in [-0.3, -0.25) is 4.99 Å². The Bertz CT molecular complexity index is 638. The Hall–Kier alpha value is -2.06. The van der Waals surface area contributed by atoms with Crippen LogP contribution in [0.15, 0.2) is 47.1 Å². The molecule has 0 spiro atoms. The fourth-order valence-electron chi connectivity index (χ4n) is 2.04. The van der Waals surface area contributed by atoms with Crippen LogP contribution in [0.25, 0.3) is 4.91 Å². The number of hydrogen-bond acceptors (Lipinski definition) is 4. The molecule has 0 saturated heterocycles. The molecule has 1 aromatic carbocycles. The van der Waals surface area contributed by atoms with Crippen molar-refractivity contribution < 1.29 is 4.39 Å². The number of aliphatic imine (C=N–C) groups is 1. The Labute approximate surface area is 114 Å². The first-order valence-electron chi connectivity index (χ1n) is 5.85. The zero-order valence-electron chi connectivity index (χ0n) is 10.0. The number of rotatable bonds is 1. The summed E-state index contributed by atoms with van der Waals surface area (Å²) < 4.78 is 13.0. The van der Waals surface area contributed by atoms with Gasteiger partial charge in [0.2, 0.25) is 0 Å². The van der Waals surface area contributed by atoms with Crippen molar-refractivity contribution in [3.8, 4) is 6.07 Å². The van der Waals surface area contributed by atoms with Crippen molar-refractivity contribution in [2.24, 2.45) is 4.99 Å². The van der Waals surface area contributed by atoms with Crippen molar-refractivity contribution in [1.29, 1.82) is 5.26 Å². The second kappa shape index (κ2) is 4.90. The van der Waals surface area contributed by atoms with E-state index in [2.05, 4.69) is 11.1 Å². The van der Waals surface area contributed by atoms with Crippen LogP contribution in [-0.4, -0.2) is 23.2 Å². The molecule has 1 aromatic rings. The summed E-state index contributed by atoms with van der Waals surface area (Å²) in [7, 11) is 0. The Morgan fingerprint density at radius 1 is 1.37 bits per heavy atom. The second-order valence-corrected chi connectivity index (χ2v) is 5.14. The molecule has 5 heteroatoms. The van der Waals surface area contributed by atoms with Crippen molar-refractivity contribution in [3.05, 3.63) is 53.5 Å². The minimum absolute atomic E-state index is 0.252.